The molecule has 0 aromatic heterocycles. The van der Waals surface area contributed by atoms with Crippen LogP contribution in [0.15, 0.2) is 35.7 Å². The number of Topliss-reactive ketones (excluding diaryl/α,β-unsaturated/α-hetero) is 1. The third-order valence-electron chi connectivity index (χ3n) is 4.62. The third-order valence-corrected chi connectivity index (χ3v) is 4.62. The number of dihydropyridines is 1. The first kappa shape index (κ1) is 14.1. The minimum atomic E-state index is 0.0703. The number of hydrogen-bond donors (Lipinski definition) is 1. The first-order chi connectivity index (χ1) is 10.1. The van der Waals surface area contributed by atoms with Crippen molar-refractivity contribution in [3.8, 4) is 0 Å². The molecular formula is C17H22N2O2. The molecule has 0 aromatic rings. The van der Waals surface area contributed by atoms with Gasteiger partial charge in [-0.25, -0.2) is 0 Å². The summed E-state index contributed by atoms with van der Waals surface area (Å²) in [5, 5.41) is 3.31. The van der Waals surface area contributed by atoms with Crippen LogP contribution in [0.2, 0.25) is 0 Å². The van der Waals surface area contributed by atoms with Crippen molar-refractivity contribution in [2.45, 2.75) is 45.1 Å². The molecule has 1 atom stereocenters. The van der Waals surface area contributed by atoms with Crippen LogP contribution in [0, 0.1) is 5.92 Å². The number of hydrogen-bond acceptors (Lipinski definition) is 3. The van der Waals surface area contributed by atoms with Gasteiger partial charge in [-0.05, 0) is 43.8 Å². The maximum Gasteiger partial charge on any atom is 0.250 e. The van der Waals surface area contributed by atoms with Crippen LogP contribution >= 0.6 is 0 Å². The smallest absolute Gasteiger partial charge is 0.250 e. The van der Waals surface area contributed by atoms with Gasteiger partial charge in [-0.1, -0.05) is 6.08 Å². The molecular weight excluding hydrogens is 264 g/mol. The Balaban J connectivity index is 1.65. The van der Waals surface area contributed by atoms with E-state index in [4.69, 9.17) is 0 Å². The molecule has 3 rings (SSSR count). The molecule has 1 amide bonds. The normalized spacial score (nSPS) is 26.1. The van der Waals surface area contributed by atoms with E-state index in [-0.39, 0.29) is 11.9 Å². The SMILES string of the molecule is CC1=CNC2C=CC(=O)N(CCC3CCC(=O)CC3)C2=C1. The lowest BCUT2D eigenvalue weighted by Crippen LogP contribution is -2.44. The van der Waals surface area contributed by atoms with Crippen molar-refractivity contribution in [3.63, 3.8) is 0 Å². The largest absolute Gasteiger partial charge is 0.379 e. The van der Waals surface area contributed by atoms with Crippen LogP contribution in [-0.2, 0) is 9.59 Å². The molecule has 112 valence electrons. The molecule has 2 aliphatic heterocycles. The molecule has 1 unspecified atom stereocenters. The van der Waals surface area contributed by atoms with E-state index in [2.05, 4.69) is 11.4 Å². The van der Waals surface area contributed by atoms with Gasteiger partial charge >= 0.3 is 0 Å². The van der Waals surface area contributed by atoms with Gasteiger partial charge < -0.3 is 10.2 Å². The van der Waals surface area contributed by atoms with E-state index in [1.165, 1.54) is 0 Å². The van der Waals surface area contributed by atoms with Crippen molar-refractivity contribution in [2.24, 2.45) is 5.92 Å². The Hall–Kier alpha value is -1.84. The standard InChI is InChI=1S/C17H22N2O2/c1-12-10-16-15(18-11-12)6-7-17(21)19(16)9-8-13-2-4-14(20)5-3-13/h6-7,10-11,13,15,18H,2-5,8-9H2,1H3. The second-order valence-corrected chi connectivity index (χ2v) is 6.22. The maximum atomic E-state index is 12.2. The summed E-state index contributed by atoms with van der Waals surface area (Å²) < 4.78 is 0. The van der Waals surface area contributed by atoms with E-state index >= 15 is 0 Å². The van der Waals surface area contributed by atoms with E-state index in [0.29, 0.717) is 24.5 Å². The topological polar surface area (TPSA) is 49.4 Å². The summed E-state index contributed by atoms with van der Waals surface area (Å²) in [6, 6.07) is 0.110. The lowest BCUT2D eigenvalue weighted by atomic mass is 9.86. The molecule has 4 nitrogen and oxygen atoms in total. The van der Waals surface area contributed by atoms with Crippen molar-refractivity contribution in [1.82, 2.24) is 10.2 Å². The molecule has 0 bridgehead atoms. The minimum absolute atomic E-state index is 0.0703. The highest BCUT2D eigenvalue weighted by atomic mass is 16.2. The molecule has 1 saturated carbocycles. The number of fused-ring (bicyclic) bond motifs is 1. The second kappa shape index (κ2) is 5.88. The highest BCUT2D eigenvalue weighted by Gasteiger charge is 2.28. The van der Waals surface area contributed by atoms with Crippen LogP contribution in [0.1, 0.15) is 39.0 Å². The van der Waals surface area contributed by atoms with Gasteiger partial charge in [0, 0.05) is 37.4 Å². The van der Waals surface area contributed by atoms with Gasteiger partial charge in [-0.15, -0.1) is 0 Å². The predicted octanol–water partition coefficient (Wildman–Crippen LogP) is 2.29. The summed E-state index contributed by atoms with van der Waals surface area (Å²) in [6.45, 7) is 2.78. The van der Waals surface area contributed by atoms with Crippen LogP contribution in [0.25, 0.3) is 0 Å². The van der Waals surface area contributed by atoms with Crippen molar-refractivity contribution < 1.29 is 9.59 Å². The number of nitrogens with one attached hydrogen (secondary N) is 1. The summed E-state index contributed by atoms with van der Waals surface area (Å²) in [5.41, 5.74) is 2.19. The molecule has 21 heavy (non-hydrogen) atoms. The quantitative estimate of drug-likeness (QED) is 0.866. The zero-order chi connectivity index (χ0) is 14.8. The Morgan fingerprint density at radius 2 is 2.05 bits per heavy atom. The monoisotopic (exact) mass is 286 g/mol. The molecule has 0 saturated heterocycles. The predicted molar refractivity (Wildman–Crippen MR) is 81.2 cm³/mol. The minimum Gasteiger partial charge on any atom is -0.379 e. The average molecular weight is 286 g/mol. The van der Waals surface area contributed by atoms with Crippen molar-refractivity contribution >= 4 is 11.7 Å². The van der Waals surface area contributed by atoms with E-state index in [1.54, 1.807) is 6.08 Å². The van der Waals surface area contributed by atoms with Crippen LogP contribution < -0.4 is 5.32 Å². The van der Waals surface area contributed by atoms with E-state index in [9.17, 15) is 9.59 Å². The molecule has 1 N–H and O–H groups in total. The van der Waals surface area contributed by atoms with Gasteiger partial charge in [0.1, 0.15) is 5.78 Å². The molecule has 1 fully saturated rings. The molecule has 1 aliphatic carbocycles. The van der Waals surface area contributed by atoms with Crippen LogP contribution in [0.4, 0.5) is 0 Å². The van der Waals surface area contributed by atoms with Crippen molar-refractivity contribution in [2.75, 3.05) is 6.54 Å². The van der Waals surface area contributed by atoms with Crippen LogP contribution in [0.3, 0.4) is 0 Å². The summed E-state index contributed by atoms with van der Waals surface area (Å²) in [7, 11) is 0. The zero-order valence-electron chi connectivity index (χ0n) is 12.5. The lowest BCUT2D eigenvalue weighted by Gasteiger charge is -2.35. The molecule has 0 spiro atoms. The molecule has 0 radical (unpaired) electrons. The first-order valence-corrected chi connectivity index (χ1v) is 7.79. The van der Waals surface area contributed by atoms with E-state index in [1.807, 2.05) is 24.1 Å². The lowest BCUT2D eigenvalue weighted by molar-refractivity contribution is -0.125. The molecule has 4 heteroatoms. The Kier molecular flexibility index (Phi) is 3.95. The second-order valence-electron chi connectivity index (χ2n) is 6.22. The molecule has 2 heterocycles. The third kappa shape index (κ3) is 3.09. The van der Waals surface area contributed by atoms with E-state index in [0.717, 1.165) is 37.1 Å². The number of allylic oxidation sites excluding steroid dienone is 2. The van der Waals surface area contributed by atoms with Crippen LogP contribution in [-0.4, -0.2) is 29.2 Å². The maximum absolute atomic E-state index is 12.2. The van der Waals surface area contributed by atoms with Gasteiger partial charge in [0.15, 0.2) is 0 Å². The number of rotatable bonds is 3. The Morgan fingerprint density at radius 3 is 2.81 bits per heavy atom. The van der Waals surface area contributed by atoms with Gasteiger partial charge in [-0.3, -0.25) is 9.59 Å². The zero-order valence-corrected chi connectivity index (χ0v) is 12.5. The average Bonchev–Trinajstić information content (AvgIpc) is 2.48. The number of nitrogens with zero attached hydrogens (tertiary/aromatic N) is 1. The molecule has 3 aliphatic rings. The Morgan fingerprint density at radius 1 is 1.29 bits per heavy atom. The Labute approximate surface area is 125 Å². The van der Waals surface area contributed by atoms with Crippen LogP contribution in [0.5, 0.6) is 0 Å². The summed E-state index contributed by atoms with van der Waals surface area (Å²) in [6.07, 6.45) is 12.0. The van der Waals surface area contributed by atoms with Crippen molar-refractivity contribution in [1.29, 1.82) is 0 Å². The summed E-state index contributed by atoms with van der Waals surface area (Å²) in [4.78, 5) is 25.4. The highest BCUT2D eigenvalue weighted by molar-refractivity contribution is 5.91. The fraction of sp³-hybridized carbons (Fsp3) is 0.529. The fourth-order valence-electron chi connectivity index (χ4n) is 3.31. The van der Waals surface area contributed by atoms with Gasteiger partial charge in [-0.2, -0.15) is 0 Å². The number of ketones is 1. The summed E-state index contributed by atoms with van der Waals surface area (Å²) in [5.74, 6) is 1.04. The van der Waals surface area contributed by atoms with Gasteiger partial charge in [0.25, 0.3) is 5.91 Å². The number of amides is 1. The number of carbonyl (C=O) groups is 2. The number of carbonyl (C=O) groups excluding carboxylic acids is 2. The van der Waals surface area contributed by atoms with E-state index < -0.39 is 0 Å². The fourth-order valence-corrected chi connectivity index (χ4v) is 3.31. The van der Waals surface area contributed by atoms with Crippen molar-refractivity contribution in [3.05, 3.63) is 35.7 Å². The van der Waals surface area contributed by atoms with Gasteiger partial charge in [0.05, 0.1) is 6.04 Å². The molecule has 0 aromatic carbocycles. The highest BCUT2D eigenvalue weighted by Crippen LogP contribution is 2.27. The Bertz CT molecular complexity index is 535. The first-order valence-electron chi connectivity index (χ1n) is 7.79. The van der Waals surface area contributed by atoms with Gasteiger partial charge in [0.2, 0.25) is 0 Å². The summed E-state index contributed by atoms with van der Waals surface area (Å²) >= 11 is 0.